The van der Waals surface area contributed by atoms with Crippen molar-refractivity contribution in [1.29, 1.82) is 0 Å². The SMILES string of the molecule is CCCCOc1ccc(C(=O)NNC(=O)CSCc2cccs2)cc1OC. The summed E-state index contributed by atoms with van der Waals surface area (Å²) in [5.41, 5.74) is 5.22. The first-order valence-corrected chi connectivity index (χ1v) is 10.7. The molecule has 6 nitrogen and oxygen atoms in total. The third-order valence-electron chi connectivity index (χ3n) is 3.55. The van der Waals surface area contributed by atoms with Crippen molar-refractivity contribution in [1.82, 2.24) is 10.9 Å². The second-order valence-electron chi connectivity index (χ2n) is 5.64. The lowest BCUT2D eigenvalue weighted by Crippen LogP contribution is -2.42. The van der Waals surface area contributed by atoms with E-state index in [4.69, 9.17) is 9.47 Å². The number of unbranched alkanes of at least 4 members (excludes halogenated alkanes) is 1. The van der Waals surface area contributed by atoms with Crippen LogP contribution in [0, 0.1) is 0 Å². The van der Waals surface area contributed by atoms with Crippen molar-refractivity contribution in [2.24, 2.45) is 0 Å². The standard InChI is InChI=1S/C19H24N2O4S2/c1-3-4-9-25-16-8-7-14(11-17(16)24-2)19(23)21-20-18(22)13-26-12-15-6-5-10-27-15/h5-8,10-11H,3-4,9,12-13H2,1-2H3,(H,20,22)(H,21,23). The van der Waals surface area contributed by atoms with Gasteiger partial charge in [-0.15, -0.1) is 23.1 Å². The molecule has 8 heteroatoms. The van der Waals surface area contributed by atoms with Gasteiger partial charge in [0.1, 0.15) is 0 Å². The van der Waals surface area contributed by atoms with Crippen molar-refractivity contribution in [2.75, 3.05) is 19.5 Å². The first-order valence-electron chi connectivity index (χ1n) is 8.64. The zero-order chi connectivity index (χ0) is 19.5. The van der Waals surface area contributed by atoms with Crippen molar-refractivity contribution in [2.45, 2.75) is 25.5 Å². The monoisotopic (exact) mass is 408 g/mol. The molecule has 0 aliphatic carbocycles. The molecule has 2 amide bonds. The van der Waals surface area contributed by atoms with Gasteiger partial charge >= 0.3 is 0 Å². The molecule has 1 aromatic heterocycles. The molecule has 0 atom stereocenters. The van der Waals surface area contributed by atoms with E-state index < -0.39 is 5.91 Å². The second kappa shape index (κ2) is 11.5. The highest BCUT2D eigenvalue weighted by molar-refractivity contribution is 7.99. The molecule has 1 aromatic carbocycles. The van der Waals surface area contributed by atoms with E-state index in [1.807, 2.05) is 17.5 Å². The maximum atomic E-state index is 12.2. The molecule has 0 saturated heterocycles. The fraction of sp³-hybridized carbons (Fsp3) is 0.368. The van der Waals surface area contributed by atoms with E-state index in [1.54, 1.807) is 29.5 Å². The van der Waals surface area contributed by atoms with Gasteiger partial charge in [-0.05, 0) is 36.1 Å². The van der Waals surface area contributed by atoms with Gasteiger partial charge in [-0.1, -0.05) is 19.4 Å². The molecule has 0 fully saturated rings. The second-order valence-corrected chi connectivity index (χ2v) is 7.66. The number of thiophene rings is 1. The summed E-state index contributed by atoms with van der Waals surface area (Å²) in [5, 5.41) is 2.00. The summed E-state index contributed by atoms with van der Waals surface area (Å²) in [6.45, 7) is 2.68. The van der Waals surface area contributed by atoms with Crippen LogP contribution in [0.25, 0.3) is 0 Å². The number of benzene rings is 1. The van der Waals surface area contributed by atoms with Gasteiger partial charge in [-0.3, -0.25) is 20.4 Å². The normalized spacial score (nSPS) is 10.3. The molecule has 0 unspecified atom stereocenters. The topological polar surface area (TPSA) is 76.7 Å². The van der Waals surface area contributed by atoms with Crippen molar-refractivity contribution >= 4 is 34.9 Å². The highest BCUT2D eigenvalue weighted by Gasteiger charge is 2.12. The molecule has 0 aliphatic rings. The highest BCUT2D eigenvalue weighted by atomic mass is 32.2. The Kier molecular flexibility index (Phi) is 9.00. The van der Waals surface area contributed by atoms with Crippen LogP contribution in [0.5, 0.6) is 11.5 Å². The third kappa shape index (κ3) is 7.15. The Balaban J connectivity index is 1.79. The predicted octanol–water partition coefficient (Wildman–Crippen LogP) is 3.63. The van der Waals surface area contributed by atoms with Crippen molar-refractivity contribution in [3.8, 4) is 11.5 Å². The summed E-state index contributed by atoms with van der Waals surface area (Å²) in [4.78, 5) is 25.3. The van der Waals surface area contributed by atoms with E-state index in [9.17, 15) is 9.59 Å². The molecule has 0 radical (unpaired) electrons. The van der Waals surface area contributed by atoms with Gasteiger partial charge in [0, 0.05) is 16.2 Å². The molecule has 2 N–H and O–H groups in total. The van der Waals surface area contributed by atoms with Crippen LogP contribution in [0.2, 0.25) is 0 Å². The van der Waals surface area contributed by atoms with Gasteiger partial charge in [0.2, 0.25) is 5.91 Å². The fourth-order valence-electron chi connectivity index (χ4n) is 2.13. The molecule has 0 spiro atoms. The summed E-state index contributed by atoms with van der Waals surface area (Å²) >= 11 is 3.15. The summed E-state index contributed by atoms with van der Waals surface area (Å²) in [7, 11) is 1.52. The number of hydrazine groups is 1. The summed E-state index contributed by atoms with van der Waals surface area (Å²) in [5.74, 6) is 1.45. The first-order chi connectivity index (χ1) is 13.1. The zero-order valence-electron chi connectivity index (χ0n) is 15.4. The highest BCUT2D eigenvalue weighted by Crippen LogP contribution is 2.28. The van der Waals surface area contributed by atoms with E-state index in [0.29, 0.717) is 23.7 Å². The molecule has 2 aromatic rings. The molecule has 0 bridgehead atoms. The van der Waals surface area contributed by atoms with E-state index in [-0.39, 0.29) is 11.7 Å². The van der Waals surface area contributed by atoms with Crippen LogP contribution >= 0.6 is 23.1 Å². The number of nitrogens with one attached hydrogen (secondary N) is 2. The number of rotatable bonds is 10. The quantitative estimate of drug-likeness (QED) is 0.464. The van der Waals surface area contributed by atoms with Gasteiger partial charge in [0.25, 0.3) is 5.91 Å². The minimum atomic E-state index is -0.412. The van der Waals surface area contributed by atoms with Crippen molar-refractivity contribution < 1.29 is 19.1 Å². The Morgan fingerprint density at radius 2 is 2.04 bits per heavy atom. The summed E-state index contributed by atoms with van der Waals surface area (Å²) < 4.78 is 10.9. The fourth-order valence-corrected chi connectivity index (χ4v) is 3.80. The van der Waals surface area contributed by atoms with Crippen LogP contribution in [0.15, 0.2) is 35.7 Å². The maximum Gasteiger partial charge on any atom is 0.269 e. The Morgan fingerprint density at radius 1 is 1.19 bits per heavy atom. The predicted molar refractivity (Wildman–Crippen MR) is 109 cm³/mol. The van der Waals surface area contributed by atoms with Crippen molar-refractivity contribution in [3.63, 3.8) is 0 Å². The van der Waals surface area contributed by atoms with Crippen LogP contribution in [0.1, 0.15) is 35.0 Å². The third-order valence-corrected chi connectivity index (χ3v) is 5.59. The van der Waals surface area contributed by atoms with Crippen LogP contribution < -0.4 is 20.3 Å². The smallest absolute Gasteiger partial charge is 0.269 e. The number of hydrogen-bond acceptors (Lipinski definition) is 6. The zero-order valence-corrected chi connectivity index (χ0v) is 17.1. The van der Waals surface area contributed by atoms with Gasteiger partial charge in [0.15, 0.2) is 11.5 Å². The van der Waals surface area contributed by atoms with Crippen LogP contribution in [0.4, 0.5) is 0 Å². The number of ether oxygens (including phenoxy) is 2. The lowest BCUT2D eigenvalue weighted by molar-refractivity contribution is -0.119. The number of hydrogen-bond donors (Lipinski definition) is 2. The minimum absolute atomic E-state index is 0.253. The van der Waals surface area contributed by atoms with Crippen LogP contribution in [0.3, 0.4) is 0 Å². The average molecular weight is 409 g/mol. The minimum Gasteiger partial charge on any atom is -0.493 e. The van der Waals surface area contributed by atoms with E-state index in [0.717, 1.165) is 18.6 Å². The largest absolute Gasteiger partial charge is 0.493 e. The van der Waals surface area contributed by atoms with E-state index >= 15 is 0 Å². The van der Waals surface area contributed by atoms with Crippen LogP contribution in [-0.2, 0) is 10.5 Å². The van der Waals surface area contributed by atoms with Gasteiger partial charge in [-0.2, -0.15) is 0 Å². The van der Waals surface area contributed by atoms with Gasteiger partial charge < -0.3 is 9.47 Å². The molecule has 2 rings (SSSR count). The van der Waals surface area contributed by atoms with Gasteiger partial charge in [0.05, 0.1) is 19.5 Å². The Morgan fingerprint density at radius 3 is 2.74 bits per heavy atom. The lowest BCUT2D eigenvalue weighted by Gasteiger charge is -2.12. The lowest BCUT2D eigenvalue weighted by atomic mass is 10.2. The van der Waals surface area contributed by atoms with Crippen molar-refractivity contribution in [3.05, 3.63) is 46.2 Å². The van der Waals surface area contributed by atoms with Gasteiger partial charge in [-0.25, -0.2) is 0 Å². The Bertz CT molecular complexity index is 735. The molecule has 0 saturated carbocycles. The molecule has 0 aliphatic heterocycles. The Hall–Kier alpha value is -2.19. The number of amides is 2. The van der Waals surface area contributed by atoms with E-state index in [1.165, 1.54) is 23.7 Å². The number of carbonyl (C=O) groups is 2. The molecular weight excluding hydrogens is 384 g/mol. The molecule has 1 heterocycles. The summed E-state index contributed by atoms with van der Waals surface area (Å²) in [6.07, 6.45) is 1.98. The summed E-state index contributed by atoms with van der Waals surface area (Å²) in [6, 6.07) is 8.93. The van der Waals surface area contributed by atoms with Crippen LogP contribution in [-0.4, -0.2) is 31.3 Å². The number of carbonyl (C=O) groups excluding carboxylic acids is 2. The first kappa shape index (κ1) is 21.1. The number of thioether (sulfide) groups is 1. The molecular formula is C19H24N2O4S2. The molecule has 27 heavy (non-hydrogen) atoms. The average Bonchev–Trinajstić information content (AvgIpc) is 3.20. The van der Waals surface area contributed by atoms with E-state index in [2.05, 4.69) is 17.8 Å². The number of methoxy groups -OCH3 is 1. The molecule has 146 valence electrons. The maximum absolute atomic E-state index is 12.2. The Labute approximate surface area is 167 Å².